The zero-order chi connectivity index (χ0) is 14.7. The minimum Gasteiger partial charge on any atom is -0.377 e. The highest BCUT2D eigenvalue weighted by atomic mass is 16.6. The molecule has 0 aromatic heterocycles. The summed E-state index contributed by atoms with van der Waals surface area (Å²) in [4.78, 5) is 22.6. The van der Waals surface area contributed by atoms with Crippen LogP contribution in [0.1, 0.15) is 37.0 Å². The molecule has 2 N–H and O–H groups in total. The van der Waals surface area contributed by atoms with E-state index in [9.17, 15) is 14.9 Å². The Kier molecular flexibility index (Phi) is 4.22. The Labute approximate surface area is 117 Å². The molecule has 2 rings (SSSR count). The van der Waals surface area contributed by atoms with E-state index in [0.717, 1.165) is 12.8 Å². The minimum absolute atomic E-state index is 0.0471. The average molecular weight is 277 g/mol. The van der Waals surface area contributed by atoms with Crippen molar-refractivity contribution in [3.05, 3.63) is 33.9 Å². The molecule has 0 aliphatic heterocycles. The largest absolute Gasteiger partial charge is 0.377 e. The molecule has 0 spiro atoms. The van der Waals surface area contributed by atoms with E-state index in [2.05, 4.69) is 10.6 Å². The van der Waals surface area contributed by atoms with Crippen LogP contribution in [0.25, 0.3) is 0 Å². The Hall–Kier alpha value is -2.11. The fraction of sp³-hybridized carbons (Fsp3) is 0.500. The van der Waals surface area contributed by atoms with E-state index in [1.807, 2.05) is 13.8 Å². The Balaban J connectivity index is 2.15. The van der Waals surface area contributed by atoms with Gasteiger partial charge in [0, 0.05) is 24.2 Å². The van der Waals surface area contributed by atoms with Crippen molar-refractivity contribution in [2.75, 3.05) is 11.9 Å². The van der Waals surface area contributed by atoms with Crippen LogP contribution in [-0.4, -0.2) is 23.4 Å². The topological polar surface area (TPSA) is 84.3 Å². The number of benzene rings is 1. The van der Waals surface area contributed by atoms with Crippen molar-refractivity contribution in [3.8, 4) is 0 Å². The van der Waals surface area contributed by atoms with Crippen molar-refractivity contribution in [2.45, 2.75) is 32.7 Å². The zero-order valence-corrected chi connectivity index (χ0v) is 11.7. The lowest BCUT2D eigenvalue weighted by molar-refractivity contribution is -0.384. The fourth-order valence-corrected chi connectivity index (χ4v) is 1.79. The van der Waals surface area contributed by atoms with E-state index in [-0.39, 0.29) is 11.6 Å². The SMILES string of the molecule is CC(C)CNC(=O)c1ccc(NC2CC2)c([N+](=O)[O-])c1. The molecule has 0 saturated heterocycles. The number of nitrogens with zero attached hydrogens (tertiary/aromatic N) is 1. The summed E-state index contributed by atoms with van der Waals surface area (Å²) in [6.45, 7) is 4.53. The smallest absolute Gasteiger partial charge is 0.293 e. The number of nitro benzene ring substituents is 1. The van der Waals surface area contributed by atoms with Crippen molar-refractivity contribution in [2.24, 2.45) is 5.92 Å². The van der Waals surface area contributed by atoms with Crippen molar-refractivity contribution in [3.63, 3.8) is 0 Å². The molecule has 0 bridgehead atoms. The van der Waals surface area contributed by atoms with E-state index >= 15 is 0 Å². The quantitative estimate of drug-likeness (QED) is 0.618. The molecule has 1 aromatic carbocycles. The molecule has 1 fully saturated rings. The molecule has 6 heteroatoms. The van der Waals surface area contributed by atoms with Gasteiger partial charge in [-0.1, -0.05) is 13.8 Å². The second-order valence-electron chi connectivity index (χ2n) is 5.51. The number of nitrogens with one attached hydrogen (secondary N) is 2. The van der Waals surface area contributed by atoms with Crippen LogP contribution in [0.3, 0.4) is 0 Å². The lowest BCUT2D eigenvalue weighted by atomic mass is 10.1. The third-order valence-corrected chi connectivity index (χ3v) is 3.06. The van der Waals surface area contributed by atoms with Crippen LogP contribution in [-0.2, 0) is 0 Å². The monoisotopic (exact) mass is 277 g/mol. The second-order valence-corrected chi connectivity index (χ2v) is 5.51. The summed E-state index contributed by atoms with van der Waals surface area (Å²) in [6.07, 6.45) is 2.07. The normalized spacial score (nSPS) is 14.2. The Morgan fingerprint density at radius 3 is 2.70 bits per heavy atom. The van der Waals surface area contributed by atoms with Gasteiger partial charge >= 0.3 is 0 Å². The summed E-state index contributed by atoms with van der Waals surface area (Å²) in [5.41, 5.74) is 0.755. The van der Waals surface area contributed by atoms with Crippen LogP contribution < -0.4 is 10.6 Å². The van der Waals surface area contributed by atoms with Crippen LogP contribution in [0.2, 0.25) is 0 Å². The molecular formula is C14H19N3O3. The van der Waals surface area contributed by atoms with Crippen LogP contribution >= 0.6 is 0 Å². The molecule has 1 amide bonds. The van der Waals surface area contributed by atoms with Crippen LogP contribution in [0.5, 0.6) is 0 Å². The molecule has 1 aliphatic rings. The standard InChI is InChI=1S/C14H19N3O3/c1-9(2)8-15-14(18)10-3-6-12(16-11-4-5-11)13(7-10)17(19)20/h3,6-7,9,11,16H,4-5,8H2,1-2H3,(H,15,18). The van der Waals surface area contributed by atoms with Gasteiger partial charge in [0.25, 0.3) is 11.6 Å². The van der Waals surface area contributed by atoms with Gasteiger partial charge in [0.2, 0.25) is 0 Å². The second kappa shape index (κ2) is 5.90. The first-order valence-corrected chi connectivity index (χ1v) is 6.80. The molecule has 1 saturated carbocycles. The maximum absolute atomic E-state index is 11.9. The molecule has 0 radical (unpaired) electrons. The van der Waals surface area contributed by atoms with E-state index in [0.29, 0.717) is 29.8 Å². The molecule has 20 heavy (non-hydrogen) atoms. The summed E-state index contributed by atoms with van der Waals surface area (Å²) in [5, 5.41) is 17.0. The van der Waals surface area contributed by atoms with Crippen molar-refractivity contribution >= 4 is 17.3 Å². The molecule has 0 unspecified atom stereocenters. The van der Waals surface area contributed by atoms with E-state index in [1.165, 1.54) is 6.07 Å². The highest BCUT2D eigenvalue weighted by molar-refractivity contribution is 5.95. The van der Waals surface area contributed by atoms with Gasteiger partial charge in [-0.25, -0.2) is 0 Å². The van der Waals surface area contributed by atoms with Crippen LogP contribution in [0.4, 0.5) is 11.4 Å². The van der Waals surface area contributed by atoms with Crippen LogP contribution in [0, 0.1) is 16.0 Å². The van der Waals surface area contributed by atoms with Gasteiger partial charge in [-0.05, 0) is 30.9 Å². The average Bonchev–Trinajstić information content (AvgIpc) is 3.20. The zero-order valence-electron chi connectivity index (χ0n) is 11.7. The van der Waals surface area contributed by atoms with Crippen LogP contribution in [0.15, 0.2) is 18.2 Å². The summed E-state index contributed by atoms with van der Waals surface area (Å²) in [7, 11) is 0. The molecule has 1 aromatic rings. The van der Waals surface area contributed by atoms with Gasteiger partial charge in [-0.3, -0.25) is 14.9 Å². The third-order valence-electron chi connectivity index (χ3n) is 3.06. The van der Waals surface area contributed by atoms with Gasteiger partial charge in [0.05, 0.1) is 4.92 Å². The molecule has 108 valence electrons. The lowest BCUT2D eigenvalue weighted by Gasteiger charge is -2.09. The third kappa shape index (κ3) is 3.69. The maximum Gasteiger partial charge on any atom is 0.293 e. The summed E-state index contributed by atoms with van der Waals surface area (Å²) < 4.78 is 0. The summed E-state index contributed by atoms with van der Waals surface area (Å²) in [5.74, 6) is 0.0597. The molecule has 0 heterocycles. The number of hydrogen-bond donors (Lipinski definition) is 2. The Morgan fingerprint density at radius 1 is 1.45 bits per heavy atom. The van der Waals surface area contributed by atoms with E-state index in [4.69, 9.17) is 0 Å². The van der Waals surface area contributed by atoms with Gasteiger partial charge in [0.15, 0.2) is 0 Å². The highest BCUT2D eigenvalue weighted by Gasteiger charge is 2.25. The van der Waals surface area contributed by atoms with Gasteiger partial charge in [-0.15, -0.1) is 0 Å². The minimum atomic E-state index is -0.454. The number of anilines is 1. The number of hydrogen-bond acceptors (Lipinski definition) is 4. The Morgan fingerprint density at radius 2 is 2.15 bits per heavy atom. The number of amides is 1. The first-order chi connectivity index (χ1) is 9.47. The van der Waals surface area contributed by atoms with Gasteiger partial charge < -0.3 is 10.6 Å². The molecule has 0 atom stereocenters. The molecule has 1 aliphatic carbocycles. The number of carbonyl (C=O) groups excluding carboxylic acids is 1. The predicted octanol–water partition coefficient (Wildman–Crippen LogP) is 2.55. The molecular weight excluding hydrogens is 258 g/mol. The predicted molar refractivity (Wildman–Crippen MR) is 76.9 cm³/mol. The van der Waals surface area contributed by atoms with Gasteiger partial charge in [0.1, 0.15) is 5.69 Å². The maximum atomic E-state index is 11.9. The van der Waals surface area contributed by atoms with E-state index in [1.54, 1.807) is 12.1 Å². The van der Waals surface area contributed by atoms with Gasteiger partial charge in [-0.2, -0.15) is 0 Å². The summed E-state index contributed by atoms with van der Waals surface area (Å²) in [6, 6.07) is 4.89. The summed E-state index contributed by atoms with van der Waals surface area (Å²) >= 11 is 0. The van der Waals surface area contributed by atoms with Crippen molar-refractivity contribution < 1.29 is 9.72 Å². The number of carbonyl (C=O) groups is 1. The lowest BCUT2D eigenvalue weighted by Crippen LogP contribution is -2.27. The first-order valence-electron chi connectivity index (χ1n) is 6.80. The Bertz CT molecular complexity index is 524. The highest BCUT2D eigenvalue weighted by Crippen LogP contribution is 2.31. The molecule has 6 nitrogen and oxygen atoms in total. The number of nitro groups is 1. The van der Waals surface area contributed by atoms with E-state index < -0.39 is 4.92 Å². The number of rotatable bonds is 6. The first kappa shape index (κ1) is 14.3. The fourth-order valence-electron chi connectivity index (χ4n) is 1.79. The van der Waals surface area contributed by atoms with Crippen molar-refractivity contribution in [1.29, 1.82) is 0 Å². The van der Waals surface area contributed by atoms with Crippen molar-refractivity contribution in [1.82, 2.24) is 5.32 Å².